The number of ether oxygens (including phenoxy) is 1. The van der Waals surface area contributed by atoms with Gasteiger partial charge in [-0.05, 0) is 44.2 Å². The minimum atomic E-state index is 0.182. The molecule has 0 atom stereocenters. The molecule has 0 amide bonds. The zero-order valence-electron chi connectivity index (χ0n) is 10.5. The summed E-state index contributed by atoms with van der Waals surface area (Å²) in [6, 6.07) is 7.93. The lowest BCUT2D eigenvalue weighted by Crippen LogP contribution is -2.40. The van der Waals surface area contributed by atoms with Crippen LogP contribution in [0.25, 0.3) is 0 Å². The summed E-state index contributed by atoms with van der Waals surface area (Å²) in [6.07, 6.45) is 3.75. The maximum Gasteiger partial charge on any atom is 0.176 e. The minimum Gasteiger partial charge on any atom is -0.497 e. The first kappa shape index (κ1) is 12.1. The quantitative estimate of drug-likeness (QED) is 0.731. The van der Waals surface area contributed by atoms with E-state index in [9.17, 15) is 4.79 Å². The lowest BCUT2D eigenvalue weighted by molar-refractivity contribution is 0.0870. The van der Waals surface area contributed by atoms with Crippen LogP contribution in [0.2, 0.25) is 0 Å². The van der Waals surface area contributed by atoms with Crippen molar-refractivity contribution in [3.05, 3.63) is 29.8 Å². The summed E-state index contributed by atoms with van der Waals surface area (Å²) in [4.78, 5) is 14.2. The molecule has 3 heteroatoms. The molecule has 1 fully saturated rings. The van der Waals surface area contributed by atoms with Crippen molar-refractivity contribution in [1.82, 2.24) is 4.90 Å². The van der Waals surface area contributed by atoms with Gasteiger partial charge in [-0.2, -0.15) is 0 Å². The van der Waals surface area contributed by atoms with Gasteiger partial charge in [-0.25, -0.2) is 0 Å². The summed E-state index contributed by atoms with van der Waals surface area (Å²) < 4.78 is 5.07. The highest BCUT2D eigenvalue weighted by atomic mass is 16.5. The van der Waals surface area contributed by atoms with E-state index in [1.165, 1.54) is 19.3 Å². The van der Waals surface area contributed by atoms with Gasteiger partial charge in [0.25, 0.3) is 0 Å². The fraction of sp³-hybridized carbons (Fsp3) is 0.500. The van der Waals surface area contributed by atoms with E-state index in [0.29, 0.717) is 12.6 Å². The molecule has 0 aromatic heterocycles. The first-order valence-corrected chi connectivity index (χ1v) is 6.08. The second-order valence-corrected chi connectivity index (χ2v) is 4.65. The van der Waals surface area contributed by atoms with E-state index in [-0.39, 0.29) is 5.78 Å². The maximum atomic E-state index is 12.0. The number of Topliss-reactive ketones (excluding diaryl/α,β-unsaturated/α-hetero) is 1. The predicted molar refractivity (Wildman–Crippen MR) is 67.6 cm³/mol. The Morgan fingerprint density at radius 1 is 1.35 bits per heavy atom. The highest BCUT2D eigenvalue weighted by Gasteiger charge is 2.23. The molecule has 3 nitrogen and oxygen atoms in total. The average Bonchev–Trinajstić information content (AvgIpc) is 2.26. The minimum absolute atomic E-state index is 0.182. The van der Waals surface area contributed by atoms with Crippen molar-refractivity contribution >= 4 is 5.78 Å². The summed E-state index contributed by atoms with van der Waals surface area (Å²) in [5.74, 6) is 0.968. The van der Waals surface area contributed by atoms with Gasteiger partial charge in [-0.1, -0.05) is 6.42 Å². The number of ketones is 1. The van der Waals surface area contributed by atoms with Crippen molar-refractivity contribution in [1.29, 1.82) is 0 Å². The second-order valence-electron chi connectivity index (χ2n) is 4.65. The van der Waals surface area contributed by atoms with Gasteiger partial charge in [0.05, 0.1) is 13.7 Å². The molecular weight excluding hydrogens is 214 g/mol. The Morgan fingerprint density at radius 2 is 2.00 bits per heavy atom. The Hall–Kier alpha value is -1.35. The van der Waals surface area contributed by atoms with E-state index in [1.54, 1.807) is 7.11 Å². The van der Waals surface area contributed by atoms with Crippen LogP contribution in [0, 0.1) is 0 Å². The topological polar surface area (TPSA) is 29.5 Å². The van der Waals surface area contributed by atoms with Crippen LogP contribution in [0.1, 0.15) is 29.6 Å². The van der Waals surface area contributed by atoms with Gasteiger partial charge in [-0.3, -0.25) is 9.69 Å². The summed E-state index contributed by atoms with van der Waals surface area (Å²) in [7, 11) is 3.66. The molecule has 1 aliphatic carbocycles. The maximum absolute atomic E-state index is 12.0. The molecule has 1 aromatic rings. The van der Waals surface area contributed by atoms with E-state index in [0.717, 1.165) is 11.3 Å². The van der Waals surface area contributed by atoms with Crippen LogP contribution in [-0.4, -0.2) is 37.4 Å². The highest BCUT2D eigenvalue weighted by molar-refractivity contribution is 5.97. The lowest BCUT2D eigenvalue weighted by atomic mass is 9.91. The Balaban J connectivity index is 1.93. The van der Waals surface area contributed by atoms with Crippen molar-refractivity contribution in [2.24, 2.45) is 0 Å². The molecule has 1 aromatic carbocycles. The fourth-order valence-corrected chi connectivity index (χ4v) is 2.05. The normalized spacial score (nSPS) is 15.7. The lowest BCUT2D eigenvalue weighted by Gasteiger charge is -2.34. The highest BCUT2D eigenvalue weighted by Crippen LogP contribution is 2.23. The van der Waals surface area contributed by atoms with Crippen LogP contribution in [-0.2, 0) is 0 Å². The van der Waals surface area contributed by atoms with Gasteiger partial charge in [0, 0.05) is 11.6 Å². The first-order chi connectivity index (χ1) is 8.20. The molecule has 0 unspecified atom stereocenters. The Morgan fingerprint density at radius 3 is 2.47 bits per heavy atom. The third-order valence-corrected chi connectivity index (χ3v) is 3.50. The van der Waals surface area contributed by atoms with Gasteiger partial charge in [0.1, 0.15) is 5.75 Å². The smallest absolute Gasteiger partial charge is 0.176 e. The molecule has 0 radical (unpaired) electrons. The molecule has 0 aliphatic heterocycles. The first-order valence-electron chi connectivity index (χ1n) is 6.08. The van der Waals surface area contributed by atoms with Crippen molar-refractivity contribution in [2.75, 3.05) is 20.7 Å². The number of hydrogen-bond donors (Lipinski definition) is 0. The molecule has 1 aliphatic rings. The van der Waals surface area contributed by atoms with Gasteiger partial charge in [0.15, 0.2) is 5.78 Å². The Labute approximate surface area is 102 Å². The number of likely N-dealkylation sites (N-methyl/N-ethyl adjacent to an activating group) is 1. The van der Waals surface area contributed by atoms with E-state index < -0.39 is 0 Å². The number of hydrogen-bond acceptors (Lipinski definition) is 3. The van der Waals surface area contributed by atoms with Gasteiger partial charge >= 0.3 is 0 Å². The standard InChI is InChI=1S/C14H19NO2/c1-15(12-4-3-5-12)10-14(16)11-6-8-13(17-2)9-7-11/h6-9,12H,3-5,10H2,1-2H3. The molecule has 92 valence electrons. The Kier molecular flexibility index (Phi) is 3.79. The SMILES string of the molecule is COc1ccc(C(=O)CN(C)C2CCC2)cc1. The largest absolute Gasteiger partial charge is 0.497 e. The van der Waals surface area contributed by atoms with Crippen LogP contribution in [0.15, 0.2) is 24.3 Å². The number of nitrogens with zero attached hydrogens (tertiary/aromatic N) is 1. The summed E-state index contributed by atoms with van der Waals surface area (Å²) in [5.41, 5.74) is 0.761. The molecule has 0 N–H and O–H groups in total. The molecular formula is C14H19NO2. The summed E-state index contributed by atoms with van der Waals surface area (Å²) >= 11 is 0. The molecule has 0 spiro atoms. The molecule has 0 saturated heterocycles. The van der Waals surface area contributed by atoms with Gasteiger partial charge < -0.3 is 4.74 Å². The predicted octanol–water partition coefficient (Wildman–Crippen LogP) is 2.36. The van der Waals surface area contributed by atoms with Crippen LogP contribution in [0.5, 0.6) is 5.75 Å². The number of carbonyl (C=O) groups is 1. The fourth-order valence-electron chi connectivity index (χ4n) is 2.05. The van der Waals surface area contributed by atoms with Crippen LogP contribution in [0.3, 0.4) is 0 Å². The van der Waals surface area contributed by atoms with Crippen molar-refractivity contribution in [2.45, 2.75) is 25.3 Å². The number of carbonyl (C=O) groups excluding carboxylic acids is 1. The van der Waals surface area contributed by atoms with Gasteiger partial charge in [-0.15, -0.1) is 0 Å². The number of methoxy groups -OCH3 is 1. The van der Waals surface area contributed by atoms with E-state index in [4.69, 9.17) is 4.74 Å². The van der Waals surface area contributed by atoms with E-state index in [1.807, 2.05) is 31.3 Å². The molecule has 2 rings (SSSR count). The van der Waals surface area contributed by atoms with Gasteiger partial charge in [0.2, 0.25) is 0 Å². The van der Waals surface area contributed by atoms with E-state index >= 15 is 0 Å². The molecule has 0 heterocycles. The van der Waals surface area contributed by atoms with Crippen LogP contribution in [0.4, 0.5) is 0 Å². The zero-order valence-corrected chi connectivity index (χ0v) is 10.5. The number of benzene rings is 1. The second kappa shape index (κ2) is 5.32. The van der Waals surface area contributed by atoms with E-state index in [2.05, 4.69) is 4.90 Å². The average molecular weight is 233 g/mol. The van der Waals surface area contributed by atoms with Crippen molar-refractivity contribution in [3.63, 3.8) is 0 Å². The number of rotatable bonds is 5. The van der Waals surface area contributed by atoms with Crippen LogP contribution >= 0.6 is 0 Å². The molecule has 1 saturated carbocycles. The third kappa shape index (κ3) is 2.86. The van der Waals surface area contributed by atoms with Crippen molar-refractivity contribution < 1.29 is 9.53 Å². The summed E-state index contributed by atoms with van der Waals surface area (Å²) in [6.45, 7) is 0.511. The summed E-state index contributed by atoms with van der Waals surface area (Å²) in [5, 5.41) is 0. The zero-order chi connectivity index (χ0) is 12.3. The molecule has 0 bridgehead atoms. The Bertz CT molecular complexity index is 382. The van der Waals surface area contributed by atoms with Crippen LogP contribution < -0.4 is 4.74 Å². The van der Waals surface area contributed by atoms with Crippen molar-refractivity contribution in [3.8, 4) is 5.75 Å². The third-order valence-electron chi connectivity index (χ3n) is 3.50. The molecule has 17 heavy (non-hydrogen) atoms. The monoisotopic (exact) mass is 233 g/mol.